The monoisotopic (exact) mass is 392 g/mol. The Hall–Kier alpha value is -3.01. The van der Waals surface area contributed by atoms with Gasteiger partial charge in [0.1, 0.15) is 0 Å². The smallest absolute Gasteiger partial charge is 0.274 e. The van der Waals surface area contributed by atoms with Gasteiger partial charge in [-0.3, -0.25) is 24.0 Å². The van der Waals surface area contributed by atoms with Crippen LogP contribution < -0.4 is 11.2 Å². The summed E-state index contributed by atoms with van der Waals surface area (Å²) in [7, 11) is 0. The maximum absolute atomic E-state index is 12.7. The van der Waals surface area contributed by atoms with Crippen LogP contribution in [-0.2, 0) is 13.1 Å². The number of hydrogen-bond donors (Lipinski definition) is 0. The Balaban J connectivity index is 2.35. The maximum atomic E-state index is 12.7. The first-order chi connectivity index (χ1) is 12.9. The Kier molecular flexibility index (Phi) is 5.08. The van der Waals surface area contributed by atoms with Crippen molar-refractivity contribution in [3.05, 3.63) is 54.2 Å². The van der Waals surface area contributed by atoms with E-state index in [1.807, 2.05) is 13.8 Å². The number of fused-ring (bicyclic) bond motifs is 1. The highest BCUT2D eigenvalue weighted by Gasteiger charge is 2.22. The number of rotatable bonds is 6. The van der Waals surface area contributed by atoms with Gasteiger partial charge in [0.05, 0.1) is 4.92 Å². The lowest BCUT2D eigenvalue weighted by Gasteiger charge is -2.08. The largest absolute Gasteiger partial charge is 0.332 e. The standard InChI is InChI=1S/C16H17ClN6O4/c1-3-7-20-14-13(15(24)21(8-4-2)16(20)25)18-22(19-14)11-6-5-10(17)9-12(11)23(26)27/h5-6,9H,3-4,7-8H2,1-2H3. The van der Waals surface area contributed by atoms with E-state index in [9.17, 15) is 19.7 Å². The quantitative estimate of drug-likeness (QED) is 0.468. The van der Waals surface area contributed by atoms with Gasteiger partial charge in [-0.25, -0.2) is 4.79 Å². The second-order valence-corrected chi connectivity index (χ2v) is 6.38. The summed E-state index contributed by atoms with van der Waals surface area (Å²) in [4.78, 5) is 37.1. The topological polar surface area (TPSA) is 118 Å². The second kappa shape index (κ2) is 7.31. The summed E-state index contributed by atoms with van der Waals surface area (Å²) < 4.78 is 2.49. The average Bonchev–Trinajstić information content (AvgIpc) is 3.07. The van der Waals surface area contributed by atoms with Crippen LogP contribution in [0.25, 0.3) is 16.9 Å². The number of hydrogen-bond acceptors (Lipinski definition) is 6. The molecule has 27 heavy (non-hydrogen) atoms. The first-order valence-electron chi connectivity index (χ1n) is 8.44. The molecule has 0 radical (unpaired) electrons. The molecule has 0 aliphatic heterocycles. The Morgan fingerprint density at radius 1 is 1.11 bits per heavy atom. The van der Waals surface area contributed by atoms with Gasteiger partial charge in [-0.2, -0.15) is 0 Å². The molecular formula is C16H17ClN6O4. The number of halogens is 1. The molecule has 0 saturated heterocycles. The Morgan fingerprint density at radius 3 is 2.41 bits per heavy atom. The van der Waals surface area contributed by atoms with Crippen molar-refractivity contribution in [1.82, 2.24) is 24.1 Å². The number of aryl methyl sites for hydroxylation is 1. The third-order valence-corrected chi connectivity index (χ3v) is 4.24. The van der Waals surface area contributed by atoms with Gasteiger partial charge < -0.3 is 0 Å². The van der Waals surface area contributed by atoms with Gasteiger partial charge in [0.2, 0.25) is 0 Å². The molecular weight excluding hydrogens is 376 g/mol. The van der Waals surface area contributed by atoms with E-state index in [0.29, 0.717) is 19.4 Å². The zero-order valence-electron chi connectivity index (χ0n) is 14.8. The van der Waals surface area contributed by atoms with E-state index in [-0.39, 0.29) is 34.1 Å². The minimum absolute atomic E-state index is 0.0132. The van der Waals surface area contributed by atoms with Gasteiger partial charge >= 0.3 is 5.69 Å². The fourth-order valence-electron chi connectivity index (χ4n) is 2.84. The molecule has 1 aromatic carbocycles. The molecule has 0 spiro atoms. The van der Waals surface area contributed by atoms with E-state index < -0.39 is 16.2 Å². The molecule has 0 atom stereocenters. The van der Waals surface area contributed by atoms with Gasteiger partial charge in [-0.15, -0.1) is 15.0 Å². The summed E-state index contributed by atoms with van der Waals surface area (Å²) in [5.41, 5.74) is -1.19. The predicted octanol–water partition coefficient (Wildman–Crippen LogP) is 2.13. The van der Waals surface area contributed by atoms with Crippen molar-refractivity contribution in [2.45, 2.75) is 39.8 Å². The lowest BCUT2D eigenvalue weighted by atomic mass is 10.3. The normalized spacial score (nSPS) is 11.2. The van der Waals surface area contributed by atoms with Crippen molar-refractivity contribution < 1.29 is 4.92 Å². The van der Waals surface area contributed by atoms with Gasteiger partial charge in [-0.1, -0.05) is 25.4 Å². The highest BCUT2D eigenvalue weighted by Crippen LogP contribution is 2.26. The van der Waals surface area contributed by atoms with Crippen LogP contribution in [0.2, 0.25) is 5.02 Å². The minimum atomic E-state index is -0.607. The van der Waals surface area contributed by atoms with Crippen molar-refractivity contribution >= 4 is 28.5 Å². The molecule has 0 unspecified atom stereocenters. The molecule has 0 amide bonds. The third-order valence-electron chi connectivity index (χ3n) is 4.01. The van der Waals surface area contributed by atoms with Crippen molar-refractivity contribution in [2.75, 3.05) is 0 Å². The average molecular weight is 393 g/mol. The molecule has 0 bridgehead atoms. The summed E-state index contributed by atoms with van der Waals surface area (Å²) in [6.07, 6.45) is 1.25. The number of benzene rings is 1. The molecule has 0 aliphatic rings. The van der Waals surface area contributed by atoms with Crippen LogP contribution in [0.4, 0.5) is 5.69 Å². The van der Waals surface area contributed by atoms with E-state index in [2.05, 4.69) is 10.2 Å². The summed E-state index contributed by atoms with van der Waals surface area (Å²) >= 11 is 5.84. The molecule has 0 fully saturated rings. The van der Waals surface area contributed by atoms with Crippen LogP contribution in [0.1, 0.15) is 26.7 Å². The fraction of sp³-hybridized carbons (Fsp3) is 0.375. The lowest BCUT2D eigenvalue weighted by Crippen LogP contribution is -2.40. The Bertz CT molecular complexity index is 1150. The highest BCUT2D eigenvalue weighted by molar-refractivity contribution is 6.30. The number of nitro benzene ring substituents is 1. The van der Waals surface area contributed by atoms with E-state index in [1.54, 1.807) is 0 Å². The maximum Gasteiger partial charge on any atom is 0.332 e. The van der Waals surface area contributed by atoms with Gasteiger partial charge in [0.25, 0.3) is 11.2 Å². The molecule has 0 aliphatic carbocycles. The summed E-state index contributed by atoms with van der Waals surface area (Å²) in [5, 5.41) is 19.9. The van der Waals surface area contributed by atoms with Crippen LogP contribution in [0, 0.1) is 10.1 Å². The van der Waals surface area contributed by atoms with Crippen molar-refractivity contribution in [3.8, 4) is 5.69 Å². The summed E-state index contributed by atoms with van der Waals surface area (Å²) in [5.74, 6) is 0. The molecule has 2 heterocycles. The number of nitrogens with zero attached hydrogens (tertiary/aromatic N) is 6. The SMILES string of the molecule is CCCn1c(=O)c2nn(-c3ccc(Cl)cc3[N+](=O)[O-])nc2n(CCC)c1=O. The van der Waals surface area contributed by atoms with Crippen LogP contribution in [0.3, 0.4) is 0 Å². The number of aromatic nitrogens is 5. The van der Waals surface area contributed by atoms with E-state index in [4.69, 9.17) is 11.6 Å². The van der Waals surface area contributed by atoms with Gasteiger partial charge in [-0.05, 0) is 25.0 Å². The molecule has 10 nitrogen and oxygen atoms in total. The zero-order valence-corrected chi connectivity index (χ0v) is 15.5. The van der Waals surface area contributed by atoms with E-state index in [1.165, 1.54) is 22.8 Å². The molecule has 142 valence electrons. The molecule has 3 rings (SSSR count). The van der Waals surface area contributed by atoms with Crippen LogP contribution in [0.15, 0.2) is 27.8 Å². The second-order valence-electron chi connectivity index (χ2n) is 5.94. The third kappa shape index (κ3) is 3.23. The first kappa shape index (κ1) is 18.8. The molecule has 3 aromatic rings. The van der Waals surface area contributed by atoms with Crippen molar-refractivity contribution in [3.63, 3.8) is 0 Å². The molecule has 11 heteroatoms. The fourth-order valence-corrected chi connectivity index (χ4v) is 3.00. The molecule has 2 aromatic heterocycles. The van der Waals surface area contributed by atoms with Crippen LogP contribution >= 0.6 is 11.6 Å². The predicted molar refractivity (Wildman–Crippen MR) is 99.6 cm³/mol. The van der Waals surface area contributed by atoms with Crippen LogP contribution in [0.5, 0.6) is 0 Å². The zero-order chi connectivity index (χ0) is 19.7. The Labute approximate surface area is 157 Å². The van der Waals surface area contributed by atoms with Crippen molar-refractivity contribution in [2.24, 2.45) is 0 Å². The highest BCUT2D eigenvalue weighted by atomic mass is 35.5. The van der Waals surface area contributed by atoms with Crippen molar-refractivity contribution in [1.29, 1.82) is 0 Å². The van der Waals surface area contributed by atoms with Gasteiger partial charge in [0, 0.05) is 24.2 Å². The number of nitro groups is 1. The Morgan fingerprint density at radius 2 is 1.78 bits per heavy atom. The summed E-state index contributed by atoms with van der Waals surface area (Å²) in [6, 6.07) is 4.04. The van der Waals surface area contributed by atoms with Crippen LogP contribution in [-0.4, -0.2) is 29.1 Å². The van der Waals surface area contributed by atoms with Gasteiger partial charge in [0.15, 0.2) is 16.9 Å². The molecule has 0 saturated carbocycles. The minimum Gasteiger partial charge on any atom is -0.274 e. The van der Waals surface area contributed by atoms with E-state index in [0.717, 1.165) is 9.36 Å². The molecule has 0 N–H and O–H groups in total. The lowest BCUT2D eigenvalue weighted by molar-refractivity contribution is -0.384. The van der Waals surface area contributed by atoms with E-state index >= 15 is 0 Å². The summed E-state index contributed by atoms with van der Waals surface area (Å²) in [6.45, 7) is 4.35. The first-order valence-corrected chi connectivity index (χ1v) is 8.81.